The summed E-state index contributed by atoms with van der Waals surface area (Å²) in [6.45, 7) is 5.70. The lowest BCUT2D eigenvalue weighted by atomic mass is 10.1. The maximum Gasteiger partial charge on any atom is 0.223 e. The number of carbonyl (C=O) groups is 1. The summed E-state index contributed by atoms with van der Waals surface area (Å²) < 4.78 is 11.1. The zero-order chi connectivity index (χ0) is 16.1. The number of amides is 1. The number of carbonyl (C=O) groups excluding carboxylic acids is 1. The molecule has 1 aliphatic rings. The Morgan fingerprint density at radius 2 is 2.18 bits per heavy atom. The zero-order valence-electron chi connectivity index (χ0n) is 12.9. The summed E-state index contributed by atoms with van der Waals surface area (Å²) in [6.07, 6.45) is 1.21. The molecule has 22 heavy (non-hydrogen) atoms. The molecule has 0 spiro atoms. The van der Waals surface area contributed by atoms with E-state index in [1.807, 2.05) is 18.7 Å². The fraction of sp³-hybridized carbons (Fsp3) is 0.562. The van der Waals surface area contributed by atoms with E-state index >= 15 is 0 Å². The molecule has 4 nitrogen and oxygen atoms in total. The monoisotopic (exact) mass is 345 g/mol. The van der Waals surface area contributed by atoms with E-state index in [1.165, 1.54) is 0 Å². The van der Waals surface area contributed by atoms with Crippen LogP contribution in [0.15, 0.2) is 18.2 Å². The number of nitrogens with zero attached hydrogens (tertiary/aromatic N) is 1. The molecule has 1 heterocycles. The zero-order valence-corrected chi connectivity index (χ0v) is 14.4. The highest BCUT2D eigenvalue weighted by Gasteiger charge is 2.26. The molecule has 0 aromatic heterocycles. The van der Waals surface area contributed by atoms with Gasteiger partial charge in [-0.2, -0.15) is 0 Å². The number of hydrogen-bond acceptors (Lipinski definition) is 3. The number of halogens is 2. The highest BCUT2D eigenvalue weighted by Crippen LogP contribution is 2.27. The van der Waals surface area contributed by atoms with Crippen molar-refractivity contribution in [3.8, 4) is 5.75 Å². The van der Waals surface area contributed by atoms with Gasteiger partial charge in [0.15, 0.2) is 0 Å². The van der Waals surface area contributed by atoms with E-state index in [1.54, 1.807) is 18.2 Å². The van der Waals surface area contributed by atoms with Gasteiger partial charge in [-0.25, -0.2) is 0 Å². The van der Waals surface area contributed by atoms with Gasteiger partial charge in [0, 0.05) is 18.0 Å². The number of ether oxygens (including phenoxy) is 2. The van der Waals surface area contributed by atoms with Gasteiger partial charge >= 0.3 is 0 Å². The number of benzene rings is 1. The highest BCUT2D eigenvalue weighted by atomic mass is 35.5. The molecule has 0 bridgehead atoms. The van der Waals surface area contributed by atoms with Gasteiger partial charge in [0.1, 0.15) is 5.75 Å². The molecule has 1 aliphatic heterocycles. The lowest BCUT2D eigenvalue weighted by Gasteiger charge is -2.36. The van der Waals surface area contributed by atoms with Gasteiger partial charge in [-0.3, -0.25) is 4.79 Å². The summed E-state index contributed by atoms with van der Waals surface area (Å²) in [6, 6.07) is 5.24. The fourth-order valence-corrected chi connectivity index (χ4v) is 2.86. The Balaban J connectivity index is 1.75. The van der Waals surface area contributed by atoms with Crippen molar-refractivity contribution in [2.75, 3.05) is 19.8 Å². The average molecular weight is 346 g/mol. The summed E-state index contributed by atoms with van der Waals surface area (Å²) >= 11 is 11.9. The summed E-state index contributed by atoms with van der Waals surface area (Å²) in [7, 11) is 0. The summed E-state index contributed by atoms with van der Waals surface area (Å²) in [5.74, 6) is 0.736. The van der Waals surface area contributed by atoms with Crippen molar-refractivity contribution in [2.45, 2.75) is 38.8 Å². The molecule has 6 heteroatoms. The first-order valence-electron chi connectivity index (χ1n) is 7.46. The third kappa shape index (κ3) is 4.77. The predicted molar refractivity (Wildman–Crippen MR) is 87.8 cm³/mol. The quantitative estimate of drug-likeness (QED) is 0.762. The van der Waals surface area contributed by atoms with Crippen LogP contribution in [0.3, 0.4) is 0 Å². The van der Waals surface area contributed by atoms with Crippen LogP contribution in [0.1, 0.15) is 26.7 Å². The Morgan fingerprint density at radius 3 is 2.91 bits per heavy atom. The fourth-order valence-electron chi connectivity index (χ4n) is 2.39. The van der Waals surface area contributed by atoms with Crippen LogP contribution in [0, 0.1) is 0 Å². The molecule has 2 unspecified atom stereocenters. The first-order valence-corrected chi connectivity index (χ1v) is 8.22. The molecule has 0 aliphatic carbocycles. The Kier molecular flexibility index (Phi) is 6.36. The molecule has 2 atom stereocenters. The Morgan fingerprint density at radius 1 is 1.41 bits per heavy atom. The molecule has 1 fully saturated rings. The van der Waals surface area contributed by atoms with E-state index in [9.17, 15) is 4.79 Å². The number of hydrogen-bond donors (Lipinski definition) is 0. The van der Waals surface area contributed by atoms with Gasteiger partial charge in [-0.1, -0.05) is 23.2 Å². The summed E-state index contributed by atoms with van der Waals surface area (Å²) in [5.41, 5.74) is 0. The summed E-state index contributed by atoms with van der Waals surface area (Å²) in [5, 5.41) is 1.05. The molecule has 1 amide bonds. The Bertz CT molecular complexity index is 524. The van der Waals surface area contributed by atoms with E-state index in [2.05, 4.69) is 0 Å². The maximum absolute atomic E-state index is 12.2. The molecular weight excluding hydrogens is 325 g/mol. The van der Waals surface area contributed by atoms with Crippen molar-refractivity contribution in [3.63, 3.8) is 0 Å². The van der Waals surface area contributed by atoms with Gasteiger partial charge in [0.25, 0.3) is 0 Å². The van der Waals surface area contributed by atoms with Crippen molar-refractivity contribution in [1.29, 1.82) is 0 Å². The third-order valence-corrected chi connectivity index (χ3v) is 4.15. The van der Waals surface area contributed by atoms with Crippen molar-refractivity contribution >= 4 is 29.1 Å². The summed E-state index contributed by atoms with van der Waals surface area (Å²) in [4.78, 5) is 14.1. The maximum atomic E-state index is 12.2. The van der Waals surface area contributed by atoms with Crippen LogP contribution in [-0.2, 0) is 9.53 Å². The van der Waals surface area contributed by atoms with Gasteiger partial charge in [-0.15, -0.1) is 0 Å². The van der Waals surface area contributed by atoms with Gasteiger partial charge < -0.3 is 14.4 Å². The minimum absolute atomic E-state index is 0.101. The molecular formula is C16H21Cl2NO3. The van der Waals surface area contributed by atoms with E-state index in [0.29, 0.717) is 48.4 Å². The van der Waals surface area contributed by atoms with Crippen LogP contribution in [0.4, 0.5) is 0 Å². The smallest absolute Gasteiger partial charge is 0.223 e. The number of morpholine rings is 1. The highest BCUT2D eigenvalue weighted by molar-refractivity contribution is 6.35. The van der Waals surface area contributed by atoms with Crippen LogP contribution in [0.2, 0.25) is 10.0 Å². The lowest BCUT2D eigenvalue weighted by Crippen LogP contribution is -2.50. The first-order chi connectivity index (χ1) is 10.5. The third-order valence-electron chi connectivity index (χ3n) is 3.61. The van der Waals surface area contributed by atoms with Gasteiger partial charge in [-0.05, 0) is 38.5 Å². The Hall–Kier alpha value is -0.970. The minimum atomic E-state index is 0.101. The van der Waals surface area contributed by atoms with Gasteiger partial charge in [0.05, 0.1) is 30.4 Å². The van der Waals surface area contributed by atoms with Crippen molar-refractivity contribution in [1.82, 2.24) is 4.90 Å². The topological polar surface area (TPSA) is 38.8 Å². The second-order valence-electron chi connectivity index (χ2n) is 5.57. The molecule has 0 saturated carbocycles. The van der Waals surface area contributed by atoms with Crippen molar-refractivity contribution < 1.29 is 14.3 Å². The van der Waals surface area contributed by atoms with E-state index < -0.39 is 0 Å². The molecule has 1 saturated heterocycles. The van der Waals surface area contributed by atoms with Crippen LogP contribution in [-0.4, -0.2) is 42.7 Å². The number of rotatable bonds is 5. The first kappa shape index (κ1) is 17.4. The minimum Gasteiger partial charge on any atom is -0.492 e. The van der Waals surface area contributed by atoms with Crippen LogP contribution in [0.25, 0.3) is 0 Å². The van der Waals surface area contributed by atoms with Gasteiger partial charge in [0.2, 0.25) is 5.91 Å². The second kappa shape index (κ2) is 8.04. The van der Waals surface area contributed by atoms with E-state index in [-0.39, 0.29) is 18.1 Å². The predicted octanol–water partition coefficient (Wildman–Crippen LogP) is 3.79. The molecule has 1 aromatic carbocycles. The Labute approximate surface area is 141 Å². The standard InChI is InChI=1S/C16H21Cl2NO3/c1-11-10-22-12(2)9-19(11)16(20)4-3-7-21-15-6-5-13(17)8-14(15)18/h5-6,8,11-12H,3-4,7,9-10H2,1-2H3. The lowest BCUT2D eigenvalue weighted by molar-refractivity contribution is -0.143. The van der Waals surface area contributed by atoms with Crippen molar-refractivity contribution in [3.05, 3.63) is 28.2 Å². The normalized spacial score (nSPS) is 21.7. The SMILES string of the molecule is CC1CN(C(=O)CCCOc2ccc(Cl)cc2Cl)C(C)CO1. The van der Waals surface area contributed by atoms with E-state index in [0.717, 1.165) is 0 Å². The van der Waals surface area contributed by atoms with Crippen LogP contribution in [0.5, 0.6) is 5.75 Å². The average Bonchev–Trinajstić information content (AvgIpc) is 2.47. The molecule has 0 radical (unpaired) electrons. The molecule has 2 rings (SSSR count). The van der Waals surface area contributed by atoms with Crippen LogP contribution < -0.4 is 4.74 Å². The van der Waals surface area contributed by atoms with E-state index in [4.69, 9.17) is 32.7 Å². The second-order valence-corrected chi connectivity index (χ2v) is 6.41. The van der Waals surface area contributed by atoms with Crippen LogP contribution >= 0.6 is 23.2 Å². The molecule has 0 N–H and O–H groups in total. The molecule has 122 valence electrons. The van der Waals surface area contributed by atoms with Crippen molar-refractivity contribution in [2.24, 2.45) is 0 Å². The molecule has 1 aromatic rings. The largest absolute Gasteiger partial charge is 0.492 e.